The predicted octanol–water partition coefficient (Wildman–Crippen LogP) is 4.07. The smallest absolute Gasteiger partial charge is 0.234 e. The van der Waals surface area contributed by atoms with Gasteiger partial charge in [0, 0.05) is 17.2 Å². The van der Waals surface area contributed by atoms with Crippen molar-refractivity contribution in [3.63, 3.8) is 0 Å². The summed E-state index contributed by atoms with van der Waals surface area (Å²) in [6.45, 7) is 2.02. The fraction of sp³-hybridized carbons (Fsp3) is 0.278. The summed E-state index contributed by atoms with van der Waals surface area (Å²) in [6.07, 6.45) is 0.706. The molecule has 0 saturated heterocycles. The molecule has 0 aliphatic carbocycles. The van der Waals surface area contributed by atoms with Crippen molar-refractivity contribution in [2.75, 3.05) is 19.1 Å². The maximum absolute atomic E-state index is 12.6. The average molecular weight is 360 g/mol. The maximum Gasteiger partial charge on any atom is 0.234 e. The quantitative estimate of drug-likeness (QED) is 0.826. The van der Waals surface area contributed by atoms with E-state index in [1.165, 1.54) is 0 Å². The number of fused-ring (bicyclic) bond motifs is 1. The number of hydrogen-bond donors (Lipinski definition) is 0. The normalized spacial score (nSPS) is 16.8. The second-order valence-electron chi connectivity index (χ2n) is 5.66. The van der Waals surface area contributed by atoms with E-state index in [1.807, 2.05) is 38.2 Å². The molecule has 0 bridgehead atoms. The van der Waals surface area contributed by atoms with Gasteiger partial charge in [0.1, 0.15) is 5.75 Å². The van der Waals surface area contributed by atoms with E-state index in [0.717, 1.165) is 32.6 Å². The van der Waals surface area contributed by atoms with Crippen LogP contribution in [0.1, 0.15) is 22.6 Å². The molecule has 1 amide bonds. The second-order valence-corrected chi connectivity index (χ2v) is 6.58. The highest BCUT2D eigenvalue weighted by Crippen LogP contribution is 2.40. The molecule has 3 nitrogen and oxygen atoms in total. The molecule has 0 N–H and O–H groups in total. The van der Waals surface area contributed by atoms with Crippen LogP contribution in [0.25, 0.3) is 0 Å². The average Bonchev–Trinajstić information content (AvgIpc) is 2.72. The minimum Gasteiger partial charge on any atom is -0.496 e. The lowest BCUT2D eigenvalue weighted by Gasteiger charge is -2.12. The van der Waals surface area contributed by atoms with Crippen LogP contribution in [0.5, 0.6) is 5.75 Å². The van der Waals surface area contributed by atoms with Gasteiger partial charge in [0.25, 0.3) is 0 Å². The SMILES string of the molecule is COc1ccc(C[C@@H]2C(=O)N(C)c3ccc(Br)cc32)cc1C. The first-order valence-corrected chi connectivity index (χ1v) is 8.01. The number of benzene rings is 2. The molecule has 1 heterocycles. The van der Waals surface area contributed by atoms with Crippen molar-refractivity contribution >= 4 is 27.5 Å². The Kier molecular flexibility index (Phi) is 3.96. The molecule has 1 atom stereocenters. The molecule has 2 aromatic carbocycles. The number of rotatable bonds is 3. The Bertz CT molecular complexity index is 742. The number of ether oxygens (including phenoxy) is 1. The van der Waals surface area contributed by atoms with Gasteiger partial charge in [0.05, 0.1) is 13.0 Å². The highest BCUT2D eigenvalue weighted by atomic mass is 79.9. The van der Waals surface area contributed by atoms with Crippen molar-refractivity contribution in [2.24, 2.45) is 0 Å². The molecular weight excluding hydrogens is 342 g/mol. The predicted molar refractivity (Wildman–Crippen MR) is 91.7 cm³/mol. The summed E-state index contributed by atoms with van der Waals surface area (Å²) in [5.41, 5.74) is 4.34. The van der Waals surface area contributed by atoms with Crippen LogP contribution < -0.4 is 9.64 Å². The lowest BCUT2D eigenvalue weighted by atomic mass is 9.92. The number of amides is 1. The van der Waals surface area contributed by atoms with E-state index in [1.54, 1.807) is 12.0 Å². The van der Waals surface area contributed by atoms with Crippen LogP contribution in [0.2, 0.25) is 0 Å². The first-order valence-electron chi connectivity index (χ1n) is 7.22. The molecule has 0 fully saturated rings. The van der Waals surface area contributed by atoms with Crippen LogP contribution in [-0.2, 0) is 11.2 Å². The highest BCUT2D eigenvalue weighted by molar-refractivity contribution is 9.10. The van der Waals surface area contributed by atoms with E-state index in [4.69, 9.17) is 4.74 Å². The van der Waals surface area contributed by atoms with E-state index in [-0.39, 0.29) is 11.8 Å². The zero-order valence-corrected chi connectivity index (χ0v) is 14.5. The van der Waals surface area contributed by atoms with Crippen molar-refractivity contribution in [1.82, 2.24) is 0 Å². The standard InChI is InChI=1S/C18H18BrNO2/c1-11-8-12(4-7-17(11)22-3)9-15-14-10-13(19)5-6-16(14)20(2)18(15)21/h4-8,10,15H,9H2,1-3H3/t15-/m0/s1. The van der Waals surface area contributed by atoms with Gasteiger partial charge in [0.15, 0.2) is 0 Å². The van der Waals surface area contributed by atoms with Gasteiger partial charge in [-0.25, -0.2) is 0 Å². The summed E-state index contributed by atoms with van der Waals surface area (Å²) in [6, 6.07) is 12.1. The fourth-order valence-corrected chi connectivity index (χ4v) is 3.47. The zero-order chi connectivity index (χ0) is 15.9. The van der Waals surface area contributed by atoms with Crippen LogP contribution in [0, 0.1) is 6.92 Å². The topological polar surface area (TPSA) is 29.5 Å². The summed E-state index contributed by atoms with van der Waals surface area (Å²) >= 11 is 3.50. The Hall–Kier alpha value is -1.81. The van der Waals surface area contributed by atoms with Crippen LogP contribution in [0.4, 0.5) is 5.69 Å². The van der Waals surface area contributed by atoms with Crippen molar-refractivity contribution in [3.8, 4) is 5.75 Å². The van der Waals surface area contributed by atoms with Gasteiger partial charge in [-0.3, -0.25) is 4.79 Å². The Morgan fingerprint density at radius 3 is 2.68 bits per heavy atom. The Morgan fingerprint density at radius 2 is 2.00 bits per heavy atom. The Labute approximate surface area is 139 Å². The summed E-state index contributed by atoms with van der Waals surface area (Å²) in [5, 5.41) is 0. The molecule has 2 aromatic rings. The number of anilines is 1. The largest absolute Gasteiger partial charge is 0.496 e. The van der Waals surface area contributed by atoms with Gasteiger partial charge in [-0.1, -0.05) is 28.1 Å². The van der Waals surface area contributed by atoms with Crippen molar-refractivity contribution in [3.05, 3.63) is 57.6 Å². The molecule has 0 spiro atoms. The molecule has 1 aliphatic rings. The molecule has 4 heteroatoms. The van der Waals surface area contributed by atoms with Crippen molar-refractivity contribution in [2.45, 2.75) is 19.3 Å². The molecule has 114 valence electrons. The minimum atomic E-state index is -0.120. The van der Waals surface area contributed by atoms with Gasteiger partial charge >= 0.3 is 0 Å². The molecule has 3 rings (SSSR count). The molecule has 0 saturated carbocycles. The van der Waals surface area contributed by atoms with Crippen molar-refractivity contribution < 1.29 is 9.53 Å². The Balaban J connectivity index is 1.94. The third-order valence-electron chi connectivity index (χ3n) is 4.25. The number of likely N-dealkylation sites (N-methyl/N-ethyl adjacent to an activating group) is 1. The number of aryl methyl sites for hydroxylation is 1. The monoisotopic (exact) mass is 359 g/mol. The van der Waals surface area contributed by atoms with Gasteiger partial charge in [-0.05, 0) is 54.3 Å². The number of carbonyl (C=O) groups excluding carboxylic acids is 1. The van der Waals surface area contributed by atoms with E-state index < -0.39 is 0 Å². The first-order chi connectivity index (χ1) is 10.5. The molecular formula is C18H18BrNO2. The molecule has 0 radical (unpaired) electrons. The number of nitrogens with zero attached hydrogens (tertiary/aromatic N) is 1. The maximum atomic E-state index is 12.6. The van der Waals surface area contributed by atoms with Crippen LogP contribution in [0.3, 0.4) is 0 Å². The highest BCUT2D eigenvalue weighted by Gasteiger charge is 2.35. The summed E-state index contributed by atoms with van der Waals surface area (Å²) in [7, 11) is 3.51. The number of carbonyl (C=O) groups is 1. The summed E-state index contributed by atoms with van der Waals surface area (Å²) in [5.74, 6) is 0.911. The van der Waals surface area contributed by atoms with E-state index in [9.17, 15) is 4.79 Å². The molecule has 22 heavy (non-hydrogen) atoms. The summed E-state index contributed by atoms with van der Waals surface area (Å²) < 4.78 is 6.30. The first kappa shape index (κ1) is 15.1. The molecule has 0 unspecified atom stereocenters. The van der Waals surface area contributed by atoms with E-state index in [0.29, 0.717) is 6.42 Å². The second kappa shape index (κ2) is 5.76. The lowest BCUT2D eigenvalue weighted by molar-refractivity contribution is -0.119. The summed E-state index contributed by atoms with van der Waals surface area (Å²) in [4.78, 5) is 14.3. The van der Waals surface area contributed by atoms with Crippen LogP contribution in [-0.4, -0.2) is 20.1 Å². The fourth-order valence-electron chi connectivity index (χ4n) is 3.10. The van der Waals surface area contributed by atoms with Crippen LogP contribution in [0.15, 0.2) is 40.9 Å². The number of hydrogen-bond acceptors (Lipinski definition) is 2. The van der Waals surface area contributed by atoms with Gasteiger partial charge in [-0.2, -0.15) is 0 Å². The molecule has 0 aromatic heterocycles. The van der Waals surface area contributed by atoms with E-state index >= 15 is 0 Å². The Morgan fingerprint density at radius 1 is 1.23 bits per heavy atom. The number of halogens is 1. The third kappa shape index (κ3) is 2.52. The van der Waals surface area contributed by atoms with Gasteiger partial charge < -0.3 is 9.64 Å². The van der Waals surface area contributed by atoms with Gasteiger partial charge in [0.2, 0.25) is 5.91 Å². The molecule has 1 aliphatic heterocycles. The van der Waals surface area contributed by atoms with Gasteiger partial charge in [-0.15, -0.1) is 0 Å². The van der Waals surface area contributed by atoms with Crippen molar-refractivity contribution in [1.29, 1.82) is 0 Å². The third-order valence-corrected chi connectivity index (χ3v) is 4.75. The number of methoxy groups -OCH3 is 1. The zero-order valence-electron chi connectivity index (χ0n) is 12.9. The minimum absolute atomic E-state index is 0.120. The lowest BCUT2D eigenvalue weighted by Crippen LogP contribution is -2.24. The van der Waals surface area contributed by atoms with Crippen LogP contribution >= 0.6 is 15.9 Å². The van der Waals surface area contributed by atoms with E-state index in [2.05, 4.69) is 28.1 Å².